The Balaban J connectivity index is 1.88. The van der Waals surface area contributed by atoms with Crippen LogP contribution in [0, 0.1) is 0 Å². The number of nitrogens with one attached hydrogen (secondary N) is 1. The van der Waals surface area contributed by atoms with Gasteiger partial charge in [0, 0.05) is 10.9 Å². The lowest BCUT2D eigenvalue weighted by molar-refractivity contribution is 0.0951. The molecule has 0 aliphatic carbocycles. The van der Waals surface area contributed by atoms with Crippen molar-refractivity contribution in [3.8, 4) is 11.5 Å². The molecule has 0 bridgehead atoms. The zero-order valence-electron chi connectivity index (χ0n) is 15.1. The van der Waals surface area contributed by atoms with E-state index in [1.807, 2.05) is 0 Å². The van der Waals surface area contributed by atoms with Crippen LogP contribution >= 0.6 is 0 Å². The summed E-state index contributed by atoms with van der Waals surface area (Å²) < 4.78 is 15.7. The quantitative estimate of drug-likeness (QED) is 0.426. The summed E-state index contributed by atoms with van der Waals surface area (Å²) in [6.45, 7) is 1.71. The van der Waals surface area contributed by atoms with Crippen LogP contribution in [-0.4, -0.2) is 25.8 Å². The molecular weight excluding hydrogens is 348 g/mol. The number of hydrogen-bond acceptors (Lipinski definition) is 6. The van der Waals surface area contributed by atoms with E-state index in [0.29, 0.717) is 33.7 Å². The van der Waals surface area contributed by atoms with Crippen LogP contribution in [0.5, 0.6) is 11.5 Å². The summed E-state index contributed by atoms with van der Waals surface area (Å²) in [5.74, 6) is 0.550. The predicted octanol–water partition coefficient (Wildman–Crippen LogP) is 2.96. The number of hydrazone groups is 1. The second-order valence-electron chi connectivity index (χ2n) is 5.69. The number of amides is 1. The summed E-state index contributed by atoms with van der Waals surface area (Å²) in [7, 11) is 3.09. The average Bonchev–Trinajstić information content (AvgIpc) is 2.70. The largest absolute Gasteiger partial charge is 0.497 e. The van der Waals surface area contributed by atoms with Crippen LogP contribution in [0.3, 0.4) is 0 Å². The van der Waals surface area contributed by atoms with Crippen LogP contribution in [0.15, 0.2) is 62.8 Å². The maximum absolute atomic E-state index is 12.4. The lowest BCUT2D eigenvalue weighted by Crippen LogP contribution is -2.25. The van der Waals surface area contributed by atoms with Crippen molar-refractivity contribution in [1.82, 2.24) is 5.43 Å². The Bertz CT molecular complexity index is 1090. The highest BCUT2D eigenvalue weighted by atomic mass is 16.5. The summed E-state index contributed by atoms with van der Waals surface area (Å²) in [6.07, 6.45) is 0. The summed E-state index contributed by atoms with van der Waals surface area (Å²) in [4.78, 5) is 24.4. The van der Waals surface area contributed by atoms with Crippen molar-refractivity contribution in [1.29, 1.82) is 0 Å². The first-order chi connectivity index (χ1) is 13.0. The van der Waals surface area contributed by atoms with Crippen molar-refractivity contribution in [2.45, 2.75) is 6.92 Å². The molecule has 0 aliphatic rings. The first-order valence-electron chi connectivity index (χ1n) is 8.13. The number of hydrogen-bond donors (Lipinski definition) is 1. The molecule has 7 nitrogen and oxygen atoms in total. The van der Waals surface area contributed by atoms with Gasteiger partial charge in [-0.3, -0.25) is 4.79 Å². The van der Waals surface area contributed by atoms with Crippen LogP contribution in [-0.2, 0) is 0 Å². The fraction of sp³-hybridized carbons (Fsp3) is 0.150. The van der Waals surface area contributed by atoms with Crippen molar-refractivity contribution in [3.05, 3.63) is 70.1 Å². The van der Waals surface area contributed by atoms with Crippen molar-refractivity contribution in [2.24, 2.45) is 5.10 Å². The number of rotatable bonds is 5. The van der Waals surface area contributed by atoms with E-state index in [4.69, 9.17) is 13.9 Å². The molecule has 3 rings (SSSR count). The summed E-state index contributed by atoms with van der Waals surface area (Å²) in [6, 6.07) is 13.7. The number of carbonyl (C=O) groups excluding carboxylic acids is 1. The number of methoxy groups -OCH3 is 2. The minimum absolute atomic E-state index is 0.122. The van der Waals surface area contributed by atoms with Gasteiger partial charge in [-0.05, 0) is 37.3 Å². The Labute approximate surface area is 155 Å². The van der Waals surface area contributed by atoms with E-state index in [2.05, 4.69) is 10.5 Å². The smallest absolute Gasteiger partial charge is 0.349 e. The third-order valence-corrected chi connectivity index (χ3v) is 4.01. The zero-order valence-corrected chi connectivity index (χ0v) is 15.1. The van der Waals surface area contributed by atoms with Gasteiger partial charge < -0.3 is 13.9 Å². The van der Waals surface area contributed by atoms with Crippen LogP contribution in [0.4, 0.5) is 0 Å². The Morgan fingerprint density at radius 3 is 2.56 bits per heavy atom. The molecule has 0 aliphatic heterocycles. The van der Waals surface area contributed by atoms with Gasteiger partial charge >= 0.3 is 5.63 Å². The Morgan fingerprint density at radius 1 is 1.04 bits per heavy atom. The summed E-state index contributed by atoms with van der Waals surface area (Å²) >= 11 is 0. The van der Waals surface area contributed by atoms with Gasteiger partial charge in [0.1, 0.15) is 22.6 Å². The van der Waals surface area contributed by atoms with Crippen LogP contribution in [0.25, 0.3) is 11.0 Å². The van der Waals surface area contributed by atoms with E-state index in [1.54, 1.807) is 56.5 Å². The second-order valence-corrected chi connectivity index (χ2v) is 5.69. The normalized spacial score (nSPS) is 11.3. The Hall–Kier alpha value is -3.61. The van der Waals surface area contributed by atoms with Gasteiger partial charge in [0.15, 0.2) is 0 Å². The van der Waals surface area contributed by atoms with Gasteiger partial charge in [-0.1, -0.05) is 18.2 Å². The molecule has 138 valence electrons. The molecule has 7 heteroatoms. The highest BCUT2D eigenvalue weighted by Crippen LogP contribution is 2.24. The molecule has 1 heterocycles. The molecule has 0 unspecified atom stereocenters. The van der Waals surface area contributed by atoms with Crippen LogP contribution in [0.1, 0.15) is 22.8 Å². The van der Waals surface area contributed by atoms with Crippen LogP contribution in [0.2, 0.25) is 0 Å². The van der Waals surface area contributed by atoms with Crippen molar-refractivity contribution in [2.75, 3.05) is 14.2 Å². The Kier molecular flexibility index (Phi) is 5.21. The lowest BCUT2D eigenvalue weighted by Gasteiger charge is -2.10. The SMILES string of the molecule is COc1ccc(OC)c(/C(C)=N\NC(=O)c2cc3ccccc3oc2=O)c1. The van der Waals surface area contributed by atoms with Gasteiger partial charge in [-0.15, -0.1) is 0 Å². The predicted molar refractivity (Wildman–Crippen MR) is 102 cm³/mol. The number of fused-ring (bicyclic) bond motifs is 1. The maximum Gasteiger partial charge on any atom is 0.349 e. The molecule has 0 radical (unpaired) electrons. The van der Waals surface area contributed by atoms with E-state index in [1.165, 1.54) is 13.2 Å². The minimum atomic E-state index is -0.724. The third-order valence-electron chi connectivity index (χ3n) is 4.01. The third kappa shape index (κ3) is 3.82. The molecule has 3 aromatic rings. The molecule has 27 heavy (non-hydrogen) atoms. The fourth-order valence-electron chi connectivity index (χ4n) is 2.57. The van der Waals surface area contributed by atoms with Crippen molar-refractivity contribution in [3.63, 3.8) is 0 Å². The number of ether oxygens (including phenoxy) is 2. The molecule has 0 spiro atoms. The fourth-order valence-corrected chi connectivity index (χ4v) is 2.57. The van der Waals surface area contributed by atoms with E-state index >= 15 is 0 Å². The maximum atomic E-state index is 12.4. The molecule has 0 saturated carbocycles. The van der Waals surface area contributed by atoms with Crippen molar-refractivity contribution < 1.29 is 18.7 Å². The molecule has 2 aromatic carbocycles. The van der Waals surface area contributed by atoms with Crippen LogP contribution < -0.4 is 20.5 Å². The van der Waals surface area contributed by atoms with Gasteiger partial charge in [0.2, 0.25) is 0 Å². The lowest BCUT2D eigenvalue weighted by atomic mass is 10.1. The second kappa shape index (κ2) is 7.74. The standard InChI is InChI=1S/C20H18N2O5/c1-12(15-11-14(25-2)8-9-18(15)26-3)21-22-19(23)16-10-13-6-4-5-7-17(13)27-20(16)24/h4-11H,1-3H3,(H,22,23)/b21-12-. The Morgan fingerprint density at radius 2 is 1.81 bits per heavy atom. The zero-order chi connectivity index (χ0) is 19.4. The van der Waals surface area contributed by atoms with E-state index in [-0.39, 0.29) is 5.56 Å². The van der Waals surface area contributed by atoms with Crippen molar-refractivity contribution >= 4 is 22.6 Å². The number of benzene rings is 2. The summed E-state index contributed by atoms with van der Waals surface area (Å²) in [5, 5.41) is 4.73. The molecular formula is C20H18N2O5. The molecule has 1 N–H and O–H groups in total. The highest BCUT2D eigenvalue weighted by Gasteiger charge is 2.14. The molecule has 0 atom stereocenters. The first-order valence-corrected chi connectivity index (χ1v) is 8.13. The molecule has 1 aromatic heterocycles. The number of nitrogens with zero attached hydrogens (tertiary/aromatic N) is 1. The van der Waals surface area contributed by atoms with E-state index in [0.717, 1.165) is 0 Å². The molecule has 0 fully saturated rings. The molecule has 1 amide bonds. The monoisotopic (exact) mass is 366 g/mol. The number of carbonyl (C=O) groups is 1. The van der Waals surface area contributed by atoms with E-state index < -0.39 is 11.5 Å². The minimum Gasteiger partial charge on any atom is -0.497 e. The topological polar surface area (TPSA) is 90.1 Å². The number of para-hydroxylation sites is 1. The van der Waals surface area contributed by atoms with Gasteiger partial charge in [-0.25, -0.2) is 10.2 Å². The van der Waals surface area contributed by atoms with Gasteiger partial charge in [0.25, 0.3) is 5.91 Å². The first kappa shape index (κ1) is 18.2. The van der Waals surface area contributed by atoms with Gasteiger partial charge in [0.05, 0.1) is 19.9 Å². The summed E-state index contributed by atoms with van der Waals surface area (Å²) in [5.41, 5.74) is 3.10. The van der Waals surface area contributed by atoms with E-state index in [9.17, 15) is 9.59 Å². The highest BCUT2D eigenvalue weighted by molar-refractivity contribution is 6.03. The van der Waals surface area contributed by atoms with Gasteiger partial charge in [-0.2, -0.15) is 5.10 Å². The average molecular weight is 366 g/mol. The molecule has 0 saturated heterocycles.